The maximum absolute atomic E-state index is 12.1. The minimum absolute atomic E-state index is 0.175. The highest BCUT2D eigenvalue weighted by Crippen LogP contribution is 2.51. The van der Waals surface area contributed by atoms with Crippen molar-refractivity contribution in [2.24, 2.45) is 11.8 Å². The monoisotopic (exact) mass is 278 g/mol. The summed E-state index contributed by atoms with van der Waals surface area (Å²) in [6.45, 7) is 7.73. The van der Waals surface area contributed by atoms with Gasteiger partial charge in [0.2, 0.25) is 0 Å². The fourth-order valence-electron chi connectivity index (χ4n) is 4.27. The Morgan fingerprint density at radius 3 is 2.70 bits per heavy atom. The van der Waals surface area contributed by atoms with Gasteiger partial charge in [0.25, 0.3) is 0 Å². The van der Waals surface area contributed by atoms with Crippen LogP contribution >= 0.6 is 0 Å². The van der Waals surface area contributed by atoms with Crippen molar-refractivity contribution in [1.82, 2.24) is 0 Å². The van der Waals surface area contributed by atoms with Crippen molar-refractivity contribution in [3.63, 3.8) is 0 Å². The number of unbranched alkanes of at least 4 members (excludes halogenated alkanes) is 1. The molecule has 20 heavy (non-hydrogen) atoms. The fourth-order valence-corrected chi connectivity index (χ4v) is 4.27. The van der Waals surface area contributed by atoms with Gasteiger partial charge in [0.15, 0.2) is 0 Å². The Hall–Kier alpha value is -0.790. The van der Waals surface area contributed by atoms with Crippen LogP contribution in [-0.4, -0.2) is 11.6 Å². The van der Waals surface area contributed by atoms with Gasteiger partial charge in [0.1, 0.15) is 5.60 Å². The summed E-state index contributed by atoms with van der Waals surface area (Å²) in [6.07, 6.45) is 12.3. The van der Waals surface area contributed by atoms with Crippen LogP contribution in [0.25, 0.3) is 0 Å². The van der Waals surface area contributed by atoms with E-state index in [-0.39, 0.29) is 11.6 Å². The molecule has 0 radical (unpaired) electrons. The first-order chi connectivity index (χ1) is 9.59. The van der Waals surface area contributed by atoms with Crippen molar-refractivity contribution < 1.29 is 9.53 Å². The lowest BCUT2D eigenvalue weighted by Crippen LogP contribution is -2.40. The van der Waals surface area contributed by atoms with Gasteiger partial charge < -0.3 is 4.74 Å². The standard InChI is InChI=1S/C18H30O2/c1-4-5-12-18(20-17(19)14(2)3)13-11-15-9-7-6-8-10-16(15)18/h15-16H,2,4-13H2,1,3H3. The molecular weight excluding hydrogens is 248 g/mol. The van der Waals surface area contributed by atoms with Gasteiger partial charge in [-0.15, -0.1) is 0 Å². The van der Waals surface area contributed by atoms with Gasteiger partial charge in [-0.2, -0.15) is 0 Å². The zero-order valence-electron chi connectivity index (χ0n) is 13.2. The summed E-state index contributed by atoms with van der Waals surface area (Å²) < 4.78 is 6.05. The summed E-state index contributed by atoms with van der Waals surface area (Å²) in [4.78, 5) is 12.1. The minimum Gasteiger partial charge on any atom is -0.455 e. The van der Waals surface area contributed by atoms with Crippen LogP contribution in [0, 0.1) is 11.8 Å². The van der Waals surface area contributed by atoms with Crippen LogP contribution < -0.4 is 0 Å². The van der Waals surface area contributed by atoms with E-state index in [1.54, 1.807) is 6.92 Å². The molecule has 2 fully saturated rings. The molecule has 0 spiro atoms. The highest BCUT2D eigenvalue weighted by Gasteiger charge is 2.50. The zero-order valence-corrected chi connectivity index (χ0v) is 13.2. The second-order valence-corrected chi connectivity index (χ2v) is 6.88. The van der Waals surface area contributed by atoms with E-state index in [0.717, 1.165) is 25.2 Å². The van der Waals surface area contributed by atoms with Gasteiger partial charge in [-0.3, -0.25) is 0 Å². The summed E-state index contributed by atoms with van der Waals surface area (Å²) in [5.41, 5.74) is 0.360. The Kier molecular flexibility index (Phi) is 5.29. The average Bonchev–Trinajstić information content (AvgIpc) is 2.62. The average molecular weight is 278 g/mol. The Bertz CT molecular complexity index is 360. The number of carbonyl (C=O) groups excluding carboxylic acids is 1. The van der Waals surface area contributed by atoms with Gasteiger partial charge in [-0.25, -0.2) is 4.79 Å². The number of fused-ring (bicyclic) bond motifs is 1. The second-order valence-electron chi connectivity index (χ2n) is 6.88. The van der Waals surface area contributed by atoms with E-state index >= 15 is 0 Å². The van der Waals surface area contributed by atoms with Crippen LogP contribution in [0.4, 0.5) is 0 Å². The molecule has 2 saturated carbocycles. The van der Waals surface area contributed by atoms with Gasteiger partial charge in [-0.1, -0.05) is 45.6 Å². The molecule has 2 rings (SSSR count). The molecular formula is C18H30O2. The maximum Gasteiger partial charge on any atom is 0.333 e. The number of hydrogen-bond donors (Lipinski definition) is 0. The van der Waals surface area contributed by atoms with E-state index in [1.165, 1.54) is 44.9 Å². The molecule has 2 aliphatic rings. The normalized spacial score (nSPS) is 33.3. The first-order valence-corrected chi connectivity index (χ1v) is 8.48. The van der Waals surface area contributed by atoms with E-state index in [1.807, 2.05) is 0 Å². The van der Waals surface area contributed by atoms with E-state index in [9.17, 15) is 4.79 Å². The van der Waals surface area contributed by atoms with Crippen LogP contribution in [-0.2, 0) is 9.53 Å². The Morgan fingerprint density at radius 2 is 2.00 bits per heavy atom. The Labute approximate surface area is 124 Å². The molecule has 0 aliphatic heterocycles. The lowest BCUT2D eigenvalue weighted by Gasteiger charge is -2.37. The van der Waals surface area contributed by atoms with Crippen molar-refractivity contribution in [3.05, 3.63) is 12.2 Å². The van der Waals surface area contributed by atoms with Gasteiger partial charge in [0.05, 0.1) is 0 Å². The Morgan fingerprint density at radius 1 is 1.25 bits per heavy atom. The Balaban J connectivity index is 2.17. The predicted molar refractivity (Wildman–Crippen MR) is 82.5 cm³/mol. The molecule has 0 aromatic carbocycles. The third kappa shape index (κ3) is 3.27. The number of carbonyl (C=O) groups is 1. The third-order valence-electron chi connectivity index (χ3n) is 5.37. The molecule has 0 bridgehead atoms. The predicted octanol–water partition coefficient (Wildman–Crippen LogP) is 5.03. The molecule has 0 amide bonds. The molecule has 2 nitrogen and oxygen atoms in total. The first kappa shape index (κ1) is 15.6. The van der Waals surface area contributed by atoms with Crippen molar-refractivity contribution >= 4 is 5.97 Å². The van der Waals surface area contributed by atoms with Crippen LogP contribution in [0.1, 0.15) is 78.1 Å². The van der Waals surface area contributed by atoms with Crippen LogP contribution in [0.15, 0.2) is 12.2 Å². The summed E-state index contributed by atoms with van der Waals surface area (Å²) >= 11 is 0. The molecule has 3 unspecified atom stereocenters. The molecule has 2 aliphatic carbocycles. The quantitative estimate of drug-likeness (QED) is 0.521. The lowest BCUT2D eigenvalue weighted by atomic mass is 9.79. The van der Waals surface area contributed by atoms with Crippen molar-refractivity contribution in [3.8, 4) is 0 Å². The third-order valence-corrected chi connectivity index (χ3v) is 5.37. The van der Waals surface area contributed by atoms with E-state index < -0.39 is 0 Å². The summed E-state index contributed by atoms with van der Waals surface area (Å²) in [5, 5.41) is 0. The molecule has 114 valence electrons. The van der Waals surface area contributed by atoms with Crippen LogP contribution in [0.3, 0.4) is 0 Å². The van der Waals surface area contributed by atoms with E-state index in [2.05, 4.69) is 13.5 Å². The molecule has 0 N–H and O–H groups in total. The van der Waals surface area contributed by atoms with E-state index in [4.69, 9.17) is 4.74 Å². The SMILES string of the molecule is C=C(C)C(=O)OC1(CCCC)CCC2CCCCCC21. The smallest absolute Gasteiger partial charge is 0.333 e. The molecule has 2 heteroatoms. The molecule has 3 atom stereocenters. The number of esters is 1. The lowest BCUT2D eigenvalue weighted by molar-refractivity contribution is -0.161. The van der Waals surface area contributed by atoms with Crippen LogP contribution in [0.2, 0.25) is 0 Å². The summed E-state index contributed by atoms with van der Waals surface area (Å²) in [7, 11) is 0. The highest BCUT2D eigenvalue weighted by molar-refractivity contribution is 5.87. The number of hydrogen-bond acceptors (Lipinski definition) is 2. The van der Waals surface area contributed by atoms with Crippen molar-refractivity contribution in [1.29, 1.82) is 0 Å². The number of ether oxygens (including phenoxy) is 1. The van der Waals surface area contributed by atoms with Crippen LogP contribution in [0.5, 0.6) is 0 Å². The first-order valence-electron chi connectivity index (χ1n) is 8.48. The maximum atomic E-state index is 12.1. The van der Waals surface area contributed by atoms with E-state index in [0.29, 0.717) is 11.5 Å². The van der Waals surface area contributed by atoms with Gasteiger partial charge >= 0.3 is 5.97 Å². The molecule has 0 aromatic heterocycles. The molecule has 0 saturated heterocycles. The summed E-state index contributed by atoms with van der Waals surface area (Å²) in [5.74, 6) is 1.21. The van der Waals surface area contributed by atoms with Crippen molar-refractivity contribution in [2.45, 2.75) is 83.7 Å². The van der Waals surface area contributed by atoms with Crippen molar-refractivity contribution in [2.75, 3.05) is 0 Å². The topological polar surface area (TPSA) is 26.3 Å². The largest absolute Gasteiger partial charge is 0.455 e. The zero-order chi connectivity index (χ0) is 14.6. The fraction of sp³-hybridized carbons (Fsp3) is 0.833. The minimum atomic E-state index is -0.180. The molecule has 0 aromatic rings. The highest BCUT2D eigenvalue weighted by atomic mass is 16.6. The second kappa shape index (κ2) is 6.78. The number of rotatable bonds is 5. The van der Waals surface area contributed by atoms with Gasteiger partial charge in [-0.05, 0) is 44.9 Å². The van der Waals surface area contributed by atoms with Gasteiger partial charge in [0, 0.05) is 11.5 Å². The summed E-state index contributed by atoms with van der Waals surface area (Å²) in [6, 6.07) is 0. The molecule has 0 heterocycles.